The van der Waals surface area contributed by atoms with E-state index in [0.29, 0.717) is 39.4 Å². The Kier molecular flexibility index (Phi) is 5.96. The fourth-order valence-electron chi connectivity index (χ4n) is 6.81. The number of allylic oxidation sites excluding steroid dienone is 4. The summed E-state index contributed by atoms with van der Waals surface area (Å²) in [4.78, 5) is 28.7. The van der Waals surface area contributed by atoms with Crippen LogP contribution in [0.2, 0.25) is 0 Å². The van der Waals surface area contributed by atoms with Gasteiger partial charge in [0.15, 0.2) is 11.2 Å². The Hall–Kier alpha value is -2.70. The molecule has 0 N–H and O–H groups in total. The molecule has 2 aliphatic carbocycles. The normalized spacial score (nSPS) is 26.0. The number of carbonyl (C=O) groups excluding carboxylic acids is 2. The van der Waals surface area contributed by atoms with Crippen molar-refractivity contribution in [1.82, 2.24) is 0 Å². The van der Waals surface area contributed by atoms with Gasteiger partial charge in [0.05, 0.1) is 0 Å². The first-order valence-electron chi connectivity index (χ1n) is 14.6. The molecule has 7 rings (SSSR count). The van der Waals surface area contributed by atoms with E-state index in [2.05, 4.69) is 97.7 Å². The van der Waals surface area contributed by atoms with Crippen molar-refractivity contribution in [3.05, 3.63) is 102 Å². The number of Topliss-reactive ketones (excluding diaryl/α,β-unsaturated/α-hetero) is 2. The summed E-state index contributed by atoms with van der Waals surface area (Å²) in [5.74, 6) is 1.35. The Labute approximate surface area is 264 Å². The largest absolute Gasteiger partial charge is 0.474 e. The molecule has 42 heavy (non-hydrogen) atoms. The minimum absolute atomic E-state index is 0.0915. The summed E-state index contributed by atoms with van der Waals surface area (Å²) in [5.41, 5.74) is 5.18. The van der Waals surface area contributed by atoms with Gasteiger partial charge in [0.25, 0.3) is 0 Å². The van der Waals surface area contributed by atoms with E-state index in [1.165, 1.54) is 11.1 Å². The van der Waals surface area contributed by atoms with Gasteiger partial charge >= 0.3 is 0 Å². The van der Waals surface area contributed by atoms with E-state index >= 15 is 0 Å². The van der Waals surface area contributed by atoms with E-state index in [-0.39, 0.29) is 28.8 Å². The van der Waals surface area contributed by atoms with E-state index in [4.69, 9.17) is 9.47 Å². The van der Waals surface area contributed by atoms with Gasteiger partial charge in [-0.3, -0.25) is 9.59 Å². The Bertz CT molecular complexity index is 1630. The van der Waals surface area contributed by atoms with Crippen molar-refractivity contribution in [3.63, 3.8) is 0 Å². The number of halogens is 2. The summed E-state index contributed by atoms with van der Waals surface area (Å²) in [7, 11) is 0. The highest BCUT2D eigenvalue weighted by Crippen LogP contribution is 2.50. The van der Waals surface area contributed by atoms with E-state index in [0.717, 1.165) is 33.8 Å². The SMILES string of the molecule is CC(C)(C)c1cc2c3c(c1)C[C@@]1(C=CC(Br)=C(CC4=C(Br)C=C[C@]5(Cc6cc(C(C)(C)C)cc(c6O5)C2)C4=O)C1=O)O3. The summed E-state index contributed by atoms with van der Waals surface area (Å²) < 4.78 is 14.9. The van der Waals surface area contributed by atoms with E-state index in [1.54, 1.807) is 0 Å². The topological polar surface area (TPSA) is 52.6 Å². The molecule has 2 atom stereocenters. The second-order valence-corrected chi connectivity index (χ2v) is 16.1. The lowest BCUT2D eigenvalue weighted by Gasteiger charge is -2.32. The molecule has 6 bridgehead atoms. The lowest BCUT2D eigenvalue weighted by molar-refractivity contribution is -0.126. The Balaban J connectivity index is 1.51. The van der Waals surface area contributed by atoms with Crippen molar-refractivity contribution >= 4 is 43.4 Å². The van der Waals surface area contributed by atoms with Crippen LogP contribution in [0.15, 0.2) is 68.7 Å². The fourth-order valence-corrected chi connectivity index (χ4v) is 7.72. The zero-order valence-electron chi connectivity index (χ0n) is 24.8. The Morgan fingerprint density at radius 1 is 0.619 bits per heavy atom. The van der Waals surface area contributed by atoms with Gasteiger partial charge < -0.3 is 9.47 Å². The molecule has 4 nitrogen and oxygen atoms in total. The number of hydrogen-bond donors (Lipinski definition) is 0. The first-order valence-corrected chi connectivity index (χ1v) is 16.1. The van der Waals surface area contributed by atoms with Crippen LogP contribution in [0.4, 0.5) is 0 Å². The quantitative estimate of drug-likeness (QED) is 0.280. The number of rotatable bonds is 0. The molecule has 0 unspecified atom stereocenters. The highest BCUT2D eigenvalue weighted by molar-refractivity contribution is 9.12. The minimum Gasteiger partial charge on any atom is -0.474 e. The predicted molar refractivity (Wildman–Crippen MR) is 172 cm³/mol. The number of benzene rings is 2. The Morgan fingerprint density at radius 2 is 1.00 bits per heavy atom. The second kappa shape index (κ2) is 8.92. The molecule has 216 valence electrons. The van der Waals surface area contributed by atoms with Gasteiger partial charge in [-0.15, -0.1) is 0 Å². The summed E-state index contributed by atoms with van der Waals surface area (Å²) in [6.45, 7) is 13.3. The molecule has 2 aromatic carbocycles. The van der Waals surface area contributed by atoms with Crippen molar-refractivity contribution < 1.29 is 19.1 Å². The number of hydrogen-bond acceptors (Lipinski definition) is 4. The maximum absolute atomic E-state index is 14.4. The number of ketones is 2. The van der Waals surface area contributed by atoms with Crippen molar-refractivity contribution in [1.29, 1.82) is 0 Å². The van der Waals surface area contributed by atoms with Crippen LogP contribution >= 0.6 is 31.9 Å². The third-order valence-electron chi connectivity index (χ3n) is 9.32. The third-order valence-corrected chi connectivity index (χ3v) is 10.8. The van der Waals surface area contributed by atoms with E-state index in [9.17, 15) is 9.59 Å². The van der Waals surface area contributed by atoms with Gasteiger partial charge in [0.2, 0.25) is 11.6 Å². The van der Waals surface area contributed by atoms with Crippen LogP contribution in [0.5, 0.6) is 11.5 Å². The Morgan fingerprint density at radius 3 is 1.38 bits per heavy atom. The first kappa shape index (κ1) is 28.1. The maximum Gasteiger partial charge on any atom is 0.208 e. The van der Waals surface area contributed by atoms with Crippen LogP contribution in [-0.2, 0) is 39.7 Å². The van der Waals surface area contributed by atoms with Crippen molar-refractivity contribution in [2.75, 3.05) is 0 Å². The first-order chi connectivity index (χ1) is 19.6. The van der Waals surface area contributed by atoms with Crippen LogP contribution in [0, 0.1) is 0 Å². The predicted octanol–water partition coefficient (Wildman–Crippen LogP) is 8.20. The van der Waals surface area contributed by atoms with Crippen LogP contribution < -0.4 is 9.47 Å². The molecule has 3 aliphatic heterocycles. The maximum atomic E-state index is 14.4. The molecule has 0 amide bonds. The zero-order chi connectivity index (χ0) is 30.0. The lowest BCUT2D eigenvalue weighted by atomic mass is 9.77. The summed E-state index contributed by atoms with van der Waals surface area (Å²) in [5, 5.41) is 0. The molecule has 0 fully saturated rings. The molecule has 6 heteroatoms. The highest BCUT2D eigenvalue weighted by Gasteiger charge is 2.52. The number of fused-ring (bicyclic) bond motifs is 2. The molecule has 0 saturated heterocycles. The molecule has 0 aromatic heterocycles. The van der Waals surface area contributed by atoms with E-state index < -0.39 is 11.2 Å². The third kappa shape index (κ3) is 4.11. The average molecular weight is 690 g/mol. The molecule has 2 aromatic rings. The van der Waals surface area contributed by atoms with Gasteiger partial charge in [-0.25, -0.2) is 0 Å². The van der Waals surface area contributed by atoms with Crippen LogP contribution in [0.25, 0.3) is 0 Å². The summed E-state index contributed by atoms with van der Waals surface area (Å²) in [6.07, 6.45) is 9.24. The van der Waals surface area contributed by atoms with E-state index in [1.807, 2.05) is 24.3 Å². The molecule has 2 spiro atoms. The zero-order valence-corrected chi connectivity index (χ0v) is 28.0. The lowest BCUT2D eigenvalue weighted by Crippen LogP contribution is -2.46. The van der Waals surface area contributed by atoms with Crippen LogP contribution in [0.3, 0.4) is 0 Å². The number of ether oxygens (including phenoxy) is 2. The summed E-state index contributed by atoms with van der Waals surface area (Å²) in [6, 6.07) is 8.89. The van der Waals surface area contributed by atoms with Gasteiger partial charge in [-0.2, -0.15) is 0 Å². The molecular weight excluding hydrogens is 656 g/mol. The van der Waals surface area contributed by atoms with Crippen molar-refractivity contribution in [3.8, 4) is 11.5 Å². The van der Waals surface area contributed by atoms with Crippen LogP contribution in [-0.4, -0.2) is 22.8 Å². The average Bonchev–Trinajstić information content (AvgIpc) is 3.47. The molecule has 0 radical (unpaired) electrons. The highest BCUT2D eigenvalue weighted by atomic mass is 79.9. The van der Waals surface area contributed by atoms with Crippen molar-refractivity contribution in [2.45, 2.75) is 89.3 Å². The van der Waals surface area contributed by atoms with Gasteiger partial charge in [-0.05, 0) is 68.5 Å². The monoisotopic (exact) mass is 688 g/mol. The standard InChI is InChI=1S/C36H34Br2O4/c1-33(2,3)23-12-19-11-20-13-24(34(4,5)6)15-22-18-36(42-30(20)22)10-8-28(38)26(32(36)40)16-25-27(37)7-9-35(31(25)39)17-21(14-23)29(19)41-35/h7-10,12-15H,11,16-18H2,1-6H3/t35-,36+. The second-order valence-electron chi connectivity index (χ2n) is 14.4. The van der Waals surface area contributed by atoms with Crippen LogP contribution in [0.1, 0.15) is 81.3 Å². The minimum atomic E-state index is -1.14. The molecule has 0 saturated carbocycles. The summed E-state index contributed by atoms with van der Waals surface area (Å²) >= 11 is 7.26. The number of carbonyl (C=O) groups is 2. The smallest absolute Gasteiger partial charge is 0.208 e. The molecular formula is C36H34Br2O4. The van der Waals surface area contributed by atoms with Crippen molar-refractivity contribution in [2.24, 2.45) is 0 Å². The molecule has 5 aliphatic rings. The molecule has 3 heterocycles. The van der Waals surface area contributed by atoms with Gasteiger partial charge in [-0.1, -0.05) is 97.7 Å². The van der Waals surface area contributed by atoms with Gasteiger partial charge in [0.1, 0.15) is 11.5 Å². The fraction of sp³-hybridized carbons (Fsp3) is 0.389. The van der Waals surface area contributed by atoms with Gasteiger partial charge in [0, 0.05) is 45.8 Å².